The number of hydrogen-bond donors (Lipinski definition) is 1. The number of nitrogens with zero attached hydrogens (tertiary/aromatic N) is 4. The smallest absolute Gasteiger partial charge is 0.151 e. The van der Waals surface area contributed by atoms with Crippen LogP contribution < -0.4 is 10.5 Å². The molecule has 1 unspecified atom stereocenters. The van der Waals surface area contributed by atoms with Crippen LogP contribution in [0.15, 0.2) is 67.0 Å². The van der Waals surface area contributed by atoms with Gasteiger partial charge < -0.3 is 20.1 Å². The Balaban J connectivity index is 1.33. The van der Waals surface area contributed by atoms with Crippen molar-refractivity contribution in [3.63, 3.8) is 0 Å². The van der Waals surface area contributed by atoms with E-state index in [4.69, 9.17) is 15.2 Å². The zero-order valence-corrected chi connectivity index (χ0v) is 21.0. The molecular weight excluding hydrogens is 450 g/mol. The quantitative estimate of drug-likeness (QED) is 0.360. The predicted molar refractivity (Wildman–Crippen MR) is 143 cm³/mol. The topological polar surface area (TPSA) is 77.9 Å². The molecule has 1 aliphatic rings. The third-order valence-corrected chi connectivity index (χ3v) is 7.00. The van der Waals surface area contributed by atoms with E-state index < -0.39 is 0 Å². The van der Waals surface area contributed by atoms with Gasteiger partial charge in [0.2, 0.25) is 0 Å². The van der Waals surface area contributed by atoms with E-state index in [1.54, 1.807) is 0 Å². The van der Waals surface area contributed by atoms with E-state index in [-0.39, 0.29) is 0 Å². The summed E-state index contributed by atoms with van der Waals surface area (Å²) in [6.45, 7) is 3.73. The highest BCUT2D eigenvalue weighted by atomic mass is 16.5. The van der Waals surface area contributed by atoms with Crippen molar-refractivity contribution in [2.75, 3.05) is 32.5 Å². The summed E-state index contributed by atoms with van der Waals surface area (Å²) in [6.07, 6.45) is 7.48. The Hall–Kier alpha value is -3.42. The second-order valence-electron chi connectivity index (χ2n) is 9.51. The van der Waals surface area contributed by atoms with Crippen molar-refractivity contribution < 1.29 is 9.47 Å². The molecule has 188 valence electrons. The number of anilines is 1. The van der Waals surface area contributed by atoms with Crippen molar-refractivity contribution >= 4 is 11.3 Å². The van der Waals surface area contributed by atoms with Gasteiger partial charge in [0, 0.05) is 24.9 Å². The second kappa shape index (κ2) is 11.5. The van der Waals surface area contributed by atoms with Crippen molar-refractivity contribution in [1.29, 1.82) is 0 Å². The second-order valence-corrected chi connectivity index (χ2v) is 9.51. The van der Waals surface area contributed by atoms with Crippen LogP contribution in [0.25, 0.3) is 16.6 Å². The predicted octanol–water partition coefficient (Wildman–Crippen LogP) is 4.99. The monoisotopic (exact) mass is 485 g/mol. The van der Waals surface area contributed by atoms with E-state index in [1.807, 2.05) is 42.0 Å². The maximum absolute atomic E-state index is 6.35. The number of ether oxygens (including phenoxy) is 2. The Kier molecular flexibility index (Phi) is 7.79. The molecule has 36 heavy (non-hydrogen) atoms. The van der Waals surface area contributed by atoms with E-state index in [9.17, 15) is 0 Å². The standard InChI is InChI=1S/C29H35N5O2/c1-35-26-13-5-6-15-33(19-26)16-8-12-24-18-27(28-29(30)31-21-32-34(24)28)23-11-7-14-25(17-23)36-20-22-9-3-2-4-10-22/h2-4,7,9-11,14,17-18,21,26H,5-6,8,12-13,15-16,19-20H2,1H3,(H2,30,31,32). The summed E-state index contributed by atoms with van der Waals surface area (Å²) in [4.78, 5) is 6.82. The molecule has 4 aromatic rings. The van der Waals surface area contributed by atoms with Crippen LogP contribution >= 0.6 is 0 Å². The van der Waals surface area contributed by atoms with Crippen LogP contribution in [0.3, 0.4) is 0 Å². The van der Waals surface area contributed by atoms with Crippen LogP contribution in [0.5, 0.6) is 5.75 Å². The maximum atomic E-state index is 6.35. The zero-order chi connectivity index (χ0) is 24.7. The van der Waals surface area contributed by atoms with Gasteiger partial charge in [-0.15, -0.1) is 0 Å². The summed E-state index contributed by atoms with van der Waals surface area (Å²) >= 11 is 0. The van der Waals surface area contributed by atoms with Gasteiger partial charge in [-0.3, -0.25) is 0 Å². The first-order chi connectivity index (χ1) is 17.7. The minimum atomic E-state index is 0.345. The summed E-state index contributed by atoms with van der Waals surface area (Å²) < 4.78 is 13.7. The minimum absolute atomic E-state index is 0.345. The highest BCUT2D eigenvalue weighted by Gasteiger charge is 2.19. The van der Waals surface area contributed by atoms with E-state index >= 15 is 0 Å². The zero-order valence-electron chi connectivity index (χ0n) is 21.0. The van der Waals surface area contributed by atoms with Gasteiger partial charge >= 0.3 is 0 Å². The van der Waals surface area contributed by atoms with Gasteiger partial charge in [-0.25, -0.2) is 9.50 Å². The summed E-state index contributed by atoms with van der Waals surface area (Å²) in [5, 5.41) is 4.55. The first-order valence-corrected chi connectivity index (χ1v) is 12.8. The molecule has 0 bridgehead atoms. The van der Waals surface area contributed by atoms with Crippen LogP contribution in [-0.2, 0) is 17.8 Å². The van der Waals surface area contributed by atoms with Gasteiger partial charge in [0.05, 0.1) is 6.10 Å². The van der Waals surface area contributed by atoms with Gasteiger partial charge in [-0.05, 0) is 74.5 Å². The average Bonchev–Trinajstić information content (AvgIpc) is 3.13. The Labute approximate surface area is 212 Å². The van der Waals surface area contributed by atoms with Crippen molar-refractivity contribution in [3.8, 4) is 16.9 Å². The van der Waals surface area contributed by atoms with Gasteiger partial charge in [0.25, 0.3) is 0 Å². The number of methoxy groups -OCH3 is 1. The number of benzene rings is 2. The molecule has 1 aliphatic heterocycles. The van der Waals surface area contributed by atoms with Crippen LogP contribution in [0, 0.1) is 0 Å². The molecule has 1 atom stereocenters. The van der Waals surface area contributed by atoms with Gasteiger partial charge in [-0.1, -0.05) is 42.5 Å². The lowest BCUT2D eigenvalue weighted by atomic mass is 10.1. The van der Waals surface area contributed by atoms with E-state index in [0.29, 0.717) is 18.5 Å². The summed E-state index contributed by atoms with van der Waals surface area (Å²) in [7, 11) is 1.83. The van der Waals surface area contributed by atoms with Crippen molar-refractivity contribution in [1.82, 2.24) is 19.5 Å². The molecule has 7 nitrogen and oxygen atoms in total. The molecule has 2 N–H and O–H groups in total. The summed E-state index contributed by atoms with van der Waals surface area (Å²) in [5.74, 6) is 1.30. The molecule has 2 aromatic carbocycles. The Bertz CT molecular complexity index is 1270. The summed E-state index contributed by atoms with van der Waals surface area (Å²) in [6, 6.07) is 20.6. The van der Waals surface area contributed by atoms with Gasteiger partial charge in [0.1, 0.15) is 24.2 Å². The fourth-order valence-electron chi connectivity index (χ4n) is 5.08. The summed E-state index contributed by atoms with van der Waals surface area (Å²) in [5.41, 5.74) is 11.5. The van der Waals surface area contributed by atoms with Crippen molar-refractivity contribution in [2.45, 2.75) is 44.8 Å². The molecule has 0 spiro atoms. The van der Waals surface area contributed by atoms with Crippen LogP contribution in [-0.4, -0.2) is 52.3 Å². The van der Waals surface area contributed by atoms with E-state index in [0.717, 1.165) is 72.5 Å². The van der Waals surface area contributed by atoms with Crippen LogP contribution in [0.2, 0.25) is 0 Å². The number of hydrogen-bond acceptors (Lipinski definition) is 6. The number of nitrogens with two attached hydrogens (primary N) is 1. The van der Waals surface area contributed by atoms with Crippen LogP contribution in [0.1, 0.15) is 36.9 Å². The third kappa shape index (κ3) is 5.69. The number of nitrogen functional groups attached to an aromatic ring is 1. The van der Waals surface area contributed by atoms with E-state index in [2.05, 4.69) is 45.3 Å². The largest absolute Gasteiger partial charge is 0.489 e. The molecule has 5 rings (SSSR count). The third-order valence-electron chi connectivity index (χ3n) is 7.00. The van der Waals surface area contributed by atoms with Crippen molar-refractivity contribution in [2.24, 2.45) is 0 Å². The number of fused-ring (bicyclic) bond motifs is 1. The Morgan fingerprint density at radius 2 is 1.94 bits per heavy atom. The fourth-order valence-corrected chi connectivity index (χ4v) is 5.08. The normalized spacial score (nSPS) is 16.8. The number of aromatic nitrogens is 3. The molecule has 0 amide bonds. The average molecular weight is 486 g/mol. The first-order valence-electron chi connectivity index (χ1n) is 12.8. The number of likely N-dealkylation sites (tertiary alicyclic amines) is 1. The molecule has 2 aromatic heterocycles. The maximum Gasteiger partial charge on any atom is 0.151 e. The van der Waals surface area contributed by atoms with Gasteiger partial charge in [0.15, 0.2) is 5.82 Å². The molecule has 0 saturated carbocycles. The molecule has 7 heteroatoms. The van der Waals surface area contributed by atoms with Crippen molar-refractivity contribution in [3.05, 3.63) is 78.2 Å². The minimum Gasteiger partial charge on any atom is -0.489 e. The lowest BCUT2D eigenvalue weighted by Gasteiger charge is -2.23. The fraction of sp³-hybridized carbons (Fsp3) is 0.379. The SMILES string of the molecule is COC1CCCCN(CCCc2cc(-c3cccc(OCc4ccccc4)c3)c3c(N)ncnn23)C1. The Morgan fingerprint density at radius 3 is 2.81 bits per heavy atom. The molecule has 1 fully saturated rings. The molecule has 0 aliphatic carbocycles. The van der Waals surface area contributed by atoms with Gasteiger partial charge in [-0.2, -0.15) is 5.10 Å². The first kappa shape index (κ1) is 24.3. The Morgan fingerprint density at radius 1 is 1.06 bits per heavy atom. The van der Waals surface area contributed by atoms with Crippen LogP contribution in [0.4, 0.5) is 5.82 Å². The number of rotatable bonds is 9. The molecule has 0 radical (unpaired) electrons. The molecular formula is C29H35N5O2. The molecule has 3 heterocycles. The highest BCUT2D eigenvalue weighted by molar-refractivity contribution is 5.88. The lowest BCUT2D eigenvalue weighted by Crippen LogP contribution is -2.33. The highest BCUT2D eigenvalue weighted by Crippen LogP contribution is 2.33. The molecule has 1 saturated heterocycles. The number of aryl methyl sites for hydroxylation is 1. The lowest BCUT2D eigenvalue weighted by molar-refractivity contribution is 0.0686. The van der Waals surface area contributed by atoms with E-state index in [1.165, 1.54) is 19.2 Å².